The zero-order valence-corrected chi connectivity index (χ0v) is 15.7. The topological polar surface area (TPSA) is 106 Å². The second kappa shape index (κ2) is 7.40. The molecule has 1 aromatic heterocycles. The van der Waals surface area contributed by atoms with Crippen molar-refractivity contribution in [1.82, 2.24) is 0 Å². The van der Waals surface area contributed by atoms with E-state index in [1.165, 1.54) is 18.4 Å². The SMILES string of the molecule is O=C(Nc1ccc2c(c1)N(C(=O)c1ccco1)CC2)c1cc([N+](=O)[O-])ccc1Cl. The summed E-state index contributed by atoms with van der Waals surface area (Å²) >= 11 is 6.03. The van der Waals surface area contributed by atoms with E-state index in [2.05, 4.69) is 5.32 Å². The van der Waals surface area contributed by atoms with Gasteiger partial charge in [0.25, 0.3) is 17.5 Å². The zero-order valence-electron chi connectivity index (χ0n) is 14.9. The number of halogens is 1. The Bertz CT molecular complexity index is 1130. The number of benzene rings is 2. The van der Waals surface area contributed by atoms with Crippen molar-refractivity contribution in [2.45, 2.75) is 6.42 Å². The van der Waals surface area contributed by atoms with E-state index < -0.39 is 10.8 Å². The quantitative estimate of drug-likeness (QED) is 0.509. The molecule has 0 unspecified atom stereocenters. The van der Waals surface area contributed by atoms with Gasteiger partial charge < -0.3 is 14.6 Å². The van der Waals surface area contributed by atoms with Gasteiger partial charge in [-0.05, 0) is 42.3 Å². The van der Waals surface area contributed by atoms with Crippen LogP contribution in [0, 0.1) is 10.1 Å². The van der Waals surface area contributed by atoms with Crippen LogP contribution in [0.1, 0.15) is 26.5 Å². The van der Waals surface area contributed by atoms with E-state index in [-0.39, 0.29) is 27.9 Å². The highest BCUT2D eigenvalue weighted by atomic mass is 35.5. The number of non-ortho nitro benzene ring substituents is 1. The van der Waals surface area contributed by atoms with Crippen LogP contribution in [0.15, 0.2) is 59.2 Å². The number of fused-ring (bicyclic) bond motifs is 1. The first-order valence-electron chi connectivity index (χ1n) is 8.67. The maximum absolute atomic E-state index is 12.6. The number of anilines is 2. The summed E-state index contributed by atoms with van der Waals surface area (Å²) in [6.07, 6.45) is 2.12. The molecule has 0 spiro atoms. The zero-order chi connectivity index (χ0) is 20.5. The molecule has 1 aliphatic heterocycles. The molecule has 1 aliphatic rings. The molecule has 0 radical (unpaired) electrons. The van der Waals surface area contributed by atoms with Crippen molar-refractivity contribution in [3.05, 3.63) is 86.8 Å². The Morgan fingerprint density at radius 3 is 2.72 bits per heavy atom. The smallest absolute Gasteiger partial charge is 0.293 e. The van der Waals surface area contributed by atoms with Crippen molar-refractivity contribution in [2.24, 2.45) is 0 Å². The van der Waals surface area contributed by atoms with Gasteiger partial charge in [-0.3, -0.25) is 19.7 Å². The molecule has 2 heterocycles. The first-order chi connectivity index (χ1) is 13.9. The molecule has 0 saturated heterocycles. The van der Waals surface area contributed by atoms with Gasteiger partial charge in [0.05, 0.1) is 21.8 Å². The molecule has 0 fully saturated rings. The van der Waals surface area contributed by atoms with Gasteiger partial charge in [0.15, 0.2) is 5.76 Å². The Kier molecular flexibility index (Phi) is 4.77. The fourth-order valence-corrected chi connectivity index (χ4v) is 3.40. The predicted molar refractivity (Wildman–Crippen MR) is 107 cm³/mol. The highest BCUT2D eigenvalue weighted by molar-refractivity contribution is 6.34. The van der Waals surface area contributed by atoms with Crippen LogP contribution in [-0.2, 0) is 6.42 Å². The minimum absolute atomic E-state index is 0.00937. The molecule has 1 N–H and O–H groups in total. The summed E-state index contributed by atoms with van der Waals surface area (Å²) in [6.45, 7) is 0.503. The molecule has 0 bridgehead atoms. The minimum atomic E-state index is -0.597. The lowest BCUT2D eigenvalue weighted by atomic mass is 10.1. The lowest BCUT2D eigenvalue weighted by Crippen LogP contribution is -2.28. The van der Waals surface area contributed by atoms with E-state index in [0.717, 1.165) is 11.6 Å². The summed E-state index contributed by atoms with van der Waals surface area (Å²) in [5.41, 5.74) is 1.84. The van der Waals surface area contributed by atoms with Gasteiger partial charge in [0.2, 0.25) is 0 Å². The monoisotopic (exact) mass is 411 g/mol. The molecular formula is C20H14ClN3O5. The van der Waals surface area contributed by atoms with E-state index in [0.29, 0.717) is 24.3 Å². The van der Waals surface area contributed by atoms with Gasteiger partial charge in [-0.25, -0.2) is 0 Å². The summed E-state index contributed by atoms with van der Waals surface area (Å²) in [5.74, 6) is -0.616. The van der Waals surface area contributed by atoms with Gasteiger partial charge >= 0.3 is 0 Å². The van der Waals surface area contributed by atoms with Crippen molar-refractivity contribution in [3.8, 4) is 0 Å². The summed E-state index contributed by atoms with van der Waals surface area (Å²) in [4.78, 5) is 37.2. The number of furan rings is 1. The summed E-state index contributed by atoms with van der Waals surface area (Å²) in [5, 5.41) is 13.7. The average Bonchev–Trinajstić information content (AvgIpc) is 3.37. The summed E-state index contributed by atoms with van der Waals surface area (Å²) in [6, 6.07) is 12.1. The maximum Gasteiger partial charge on any atom is 0.293 e. The number of carbonyl (C=O) groups excluding carboxylic acids is 2. The summed E-state index contributed by atoms with van der Waals surface area (Å²) in [7, 11) is 0. The number of nitro groups is 1. The van der Waals surface area contributed by atoms with Gasteiger partial charge in [-0.2, -0.15) is 0 Å². The van der Waals surface area contributed by atoms with E-state index >= 15 is 0 Å². The lowest BCUT2D eigenvalue weighted by Gasteiger charge is -2.17. The van der Waals surface area contributed by atoms with Gasteiger partial charge in [-0.1, -0.05) is 17.7 Å². The molecule has 4 rings (SSSR count). The molecule has 9 heteroatoms. The third-order valence-electron chi connectivity index (χ3n) is 4.62. The Hall–Kier alpha value is -3.65. The highest BCUT2D eigenvalue weighted by Crippen LogP contribution is 2.32. The third kappa shape index (κ3) is 3.57. The lowest BCUT2D eigenvalue weighted by molar-refractivity contribution is -0.384. The van der Waals surface area contributed by atoms with Crippen molar-refractivity contribution >= 4 is 40.5 Å². The molecule has 0 aliphatic carbocycles. The van der Waals surface area contributed by atoms with Crippen LogP contribution in [0.5, 0.6) is 0 Å². The van der Waals surface area contributed by atoms with Crippen LogP contribution in [0.2, 0.25) is 5.02 Å². The molecule has 3 aromatic rings. The molecule has 0 atom stereocenters. The molecule has 2 aromatic carbocycles. The number of nitro benzene ring substituents is 1. The van der Waals surface area contributed by atoms with E-state index in [4.69, 9.17) is 16.0 Å². The fourth-order valence-electron chi connectivity index (χ4n) is 3.20. The summed E-state index contributed by atoms with van der Waals surface area (Å²) < 4.78 is 5.19. The number of rotatable bonds is 4. The van der Waals surface area contributed by atoms with Gasteiger partial charge in [0, 0.05) is 30.1 Å². The normalized spacial score (nSPS) is 12.5. The largest absolute Gasteiger partial charge is 0.459 e. The van der Waals surface area contributed by atoms with Crippen LogP contribution in [-0.4, -0.2) is 23.3 Å². The maximum atomic E-state index is 12.6. The molecule has 146 valence electrons. The van der Waals surface area contributed by atoms with Crippen molar-refractivity contribution < 1.29 is 18.9 Å². The van der Waals surface area contributed by atoms with E-state index in [9.17, 15) is 19.7 Å². The first kappa shape index (κ1) is 18.7. The number of amides is 2. The average molecular weight is 412 g/mol. The Morgan fingerprint density at radius 1 is 1.17 bits per heavy atom. The first-order valence-corrected chi connectivity index (χ1v) is 9.05. The van der Waals surface area contributed by atoms with Gasteiger partial charge in [-0.15, -0.1) is 0 Å². The van der Waals surface area contributed by atoms with Crippen molar-refractivity contribution in [2.75, 3.05) is 16.8 Å². The van der Waals surface area contributed by atoms with Crippen LogP contribution >= 0.6 is 11.6 Å². The Morgan fingerprint density at radius 2 is 2.00 bits per heavy atom. The van der Waals surface area contributed by atoms with E-state index in [1.54, 1.807) is 29.2 Å². The van der Waals surface area contributed by atoms with Gasteiger partial charge in [0.1, 0.15) is 0 Å². The van der Waals surface area contributed by atoms with Crippen LogP contribution in [0.3, 0.4) is 0 Å². The Labute approximate surface area is 169 Å². The highest BCUT2D eigenvalue weighted by Gasteiger charge is 2.27. The number of carbonyl (C=O) groups is 2. The number of nitrogens with zero attached hydrogens (tertiary/aromatic N) is 2. The third-order valence-corrected chi connectivity index (χ3v) is 4.95. The molecular weight excluding hydrogens is 398 g/mol. The van der Waals surface area contributed by atoms with Crippen molar-refractivity contribution in [1.29, 1.82) is 0 Å². The van der Waals surface area contributed by atoms with E-state index in [1.807, 2.05) is 6.07 Å². The minimum Gasteiger partial charge on any atom is -0.459 e. The molecule has 0 saturated carbocycles. The predicted octanol–water partition coefficient (Wildman–Crippen LogP) is 4.30. The second-order valence-corrected chi connectivity index (χ2v) is 6.81. The fraction of sp³-hybridized carbons (Fsp3) is 0.100. The van der Waals surface area contributed by atoms with Crippen LogP contribution < -0.4 is 10.2 Å². The van der Waals surface area contributed by atoms with Crippen molar-refractivity contribution in [3.63, 3.8) is 0 Å². The van der Waals surface area contributed by atoms with Crippen LogP contribution in [0.4, 0.5) is 17.1 Å². The molecule has 2 amide bonds. The second-order valence-electron chi connectivity index (χ2n) is 6.40. The standard InChI is InChI=1S/C20H14ClN3O5/c21-16-6-5-14(24(27)28)11-15(16)19(25)22-13-4-3-12-7-8-23(17(12)10-13)20(26)18-2-1-9-29-18/h1-6,9-11H,7-8H2,(H,22,25). The molecule has 8 nitrogen and oxygen atoms in total. The number of nitrogens with one attached hydrogen (secondary N) is 1. The molecule has 29 heavy (non-hydrogen) atoms. The number of hydrogen-bond acceptors (Lipinski definition) is 5. The van der Waals surface area contributed by atoms with Crippen LogP contribution in [0.25, 0.3) is 0 Å². The number of hydrogen-bond donors (Lipinski definition) is 1. The Balaban J connectivity index is 1.59.